The molecule has 0 amide bonds. The van der Waals surface area contributed by atoms with Crippen molar-refractivity contribution >= 4 is 0 Å². The molecule has 0 spiro atoms. The van der Waals surface area contributed by atoms with Crippen LogP contribution in [0.5, 0.6) is 0 Å². The number of fused-ring (bicyclic) bond motifs is 1. The van der Waals surface area contributed by atoms with Gasteiger partial charge in [0.05, 0.1) is 0 Å². The van der Waals surface area contributed by atoms with Crippen LogP contribution in [0.3, 0.4) is 0 Å². The van der Waals surface area contributed by atoms with E-state index in [0.29, 0.717) is 0 Å². The van der Waals surface area contributed by atoms with Gasteiger partial charge in [-0.3, -0.25) is 0 Å². The molecule has 40 heavy (non-hydrogen) atoms. The van der Waals surface area contributed by atoms with Crippen LogP contribution in [0.2, 0.25) is 0 Å². The average molecular weight is 553 g/mol. The summed E-state index contributed by atoms with van der Waals surface area (Å²) >= 11 is 0. The van der Waals surface area contributed by atoms with E-state index < -0.39 is 0 Å². The molecule has 232 valence electrons. The topological polar surface area (TPSA) is 0 Å². The maximum absolute atomic E-state index is 2.40. The molecule has 0 radical (unpaired) electrons. The van der Waals surface area contributed by atoms with Crippen molar-refractivity contribution < 1.29 is 0 Å². The predicted molar refractivity (Wildman–Crippen MR) is 182 cm³/mol. The lowest BCUT2D eigenvalue weighted by molar-refractivity contribution is 0.479. The van der Waals surface area contributed by atoms with Gasteiger partial charge < -0.3 is 0 Å². The molecule has 0 saturated carbocycles. The van der Waals surface area contributed by atoms with E-state index in [-0.39, 0.29) is 0 Å². The summed E-state index contributed by atoms with van der Waals surface area (Å²) in [6.07, 6.45) is 46.9. The van der Waals surface area contributed by atoms with Gasteiger partial charge in [-0.2, -0.15) is 0 Å². The molecule has 0 aliphatic heterocycles. The molecule has 1 aromatic carbocycles. The molecule has 1 aromatic rings. The SMILES string of the molecule is CCCCCCCCCCCCCCCCCCCCCCCCCCCCCCC1CCCc2ccccc21. The Bertz CT molecular complexity index is 645. The highest BCUT2D eigenvalue weighted by Crippen LogP contribution is 2.35. The molecule has 0 aromatic heterocycles. The van der Waals surface area contributed by atoms with Crippen LogP contribution in [-0.2, 0) is 6.42 Å². The number of hydrogen-bond acceptors (Lipinski definition) is 0. The zero-order valence-electron chi connectivity index (χ0n) is 27.5. The molecule has 1 unspecified atom stereocenters. The molecule has 0 heteroatoms. The van der Waals surface area contributed by atoms with Crippen LogP contribution < -0.4 is 0 Å². The Morgan fingerprint density at radius 3 is 1.20 bits per heavy atom. The van der Waals surface area contributed by atoms with Gasteiger partial charge in [0, 0.05) is 0 Å². The van der Waals surface area contributed by atoms with Crippen LogP contribution in [0.15, 0.2) is 24.3 Å². The van der Waals surface area contributed by atoms with Crippen molar-refractivity contribution in [2.75, 3.05) is 0 Å². The van der Waals surface area contributed by atoms with Crippen LogP contribution >= 0.6 is 0 Å². The van der Waals surface area contributed by atoms with E-state index in [1.54, 1.807) is 11.1 Å². The van der Waals surface area contributed by atoms with E-state index in [4.69, 9.17) is 0 Å². The van der Waals surface area contributed by atoms with Crippen LogP contribution in [0, 0.1) is 0 Å². The maximum atomic E-state index is 2.40. The molecule has 1 aliphatic rings. The monoisotopic (exact) mass is 553 g/mol. The fourth-order valence-electron chi connectivity index (χ4n) is 7.21. The van der Waals surface area contributed by atoms with Gasteiger partial charge in [0.1, 0.15) is 0 Å². The summed E-state index contributed by atoms with van der Waals surface area (Å²) in [5, 5.41) is 0. The van der Waals surface area contributed by atoms with Gasteiger partial charge in [-0.25, -0.2) is 0 Å². The van der Waals surface area contributed by atoms with E-state index >= 15 is 0 Å². The molecule has 1 atom stereocenters. The Morgan fingerprint density at radius 2 is 0.800 bits per heavy atom. The summed E-state index contributed by atoms with van der Waals surface area (Å²) in [6, 6.07) is 9.24. The van der Waals surface area contributed by atoms with E-state index in [1.165, 1.54) is 205 Å². The second-order valence-electron chi connectivity index (χ2n) is 13.6. The molecule has 0 nitrogen and oxygen atoms in total. The number of hydrogen-bond donors (Lipinski definition) is 0. The summed E-state index contributed by atoms with van der Waals surface area (Å²) in [4.78, 5) is 0. The highest BCUT2D eigenvalue weighted by molar-refractivity contribution is 5.32. The fraction of sp³-hybridized carbons (Fsp3) is 0.850. The van der Waals surface area contributed by atoms with Gasteiger partial charge in [-0.05, 0) is 42.7 Å². The Hall–Kier alpha value is -0.780. The molecular weight excluding hydrogens is 480 g/mol. The van der Waals surface area contributed by atoms with Crippen LogP contribution in [-0.4, -0.2) is 0 Å². The highest BCUT2D eigenvalue weighted by atomic mass is 14.2. The van der Waals surface area contributed by atoms with Gasteiger partial charge in [0.15, 0.2) is 0 Å². The Morgan fingerprint density at radius 1 is 0.450 bits per heavy atom. The van der Waals surface area contributed by atoms with Gasteiger partial charge in [-0.15, -0.1) is 0 Å². The van der Waals surface area contributed by atoms with Crippen molar-refractivity contribution in [2.45, 2.75) is 218 Å². The summed E-state index contributed by atoms with van der Waals surface area (Å²) in [5.41, 5.74) is 3.32. The van der Waals surface area contributed by atoms with E-state index in [2.05, 4.69) is 31.2 Å². The summed E-state index contributed by atoms with van der Waals surface area (Å²) in [5.74, 6) is 0.856. The van der Waals surface area contributed by atoms with E-state index in [0.717, 1.165) is 5.92 Å². The molecule has 0 N–H and O–H groups in total. The zero-order valence-corrected chi connectivity index (χ0v) is 27.5. The molecule has 0 saturated heterocycles. The van der Waals surface area contributed by atoms with Crippen molar-refractivity contribution in [3.8, 4) is 0 Å². The molecule has 1 aliphatic carbocycles. The third kappa shape index (κ3) is 19.4. The third-order valence-corrected chi connectivity index (χ3v) is 9.90. The van der Waals surface area contributed by atoms with Crippen LogP contribution in [0.4, 0.5) is 0 Å². The van der Waals surface area contributed by atoms with Crippen molar-refractivity contribution in [1.29, 1.82) is 0 Å². The highest BCUT2D eigenvalue weighted by Gasteiger charge is 2.18. The quantitative estimate of drug-likeness (QED) is 0.0867. The minimum Gasteiger partial charge on any atom is -0.0654 e. The largest absolute Gasteiger partial charge is 0.0654 e. The summed E-state index contributed by atoms with van der Waals surface area (Å²) in [6.45, 7) is 2.31. The third-order valence-electron chi connectivity index (χ3n) is 9.90. The van der Waals surface area contributed by atoms with E-state index in [9.17, 15) is 0 Å². The number of aryl methyl sites for hydroxylation is 1. The molecule has 0 fully saturated rings. The lowest BCUT2D eigenvalue weighted by atomic mass is 9.80. The second-order valence-corrected chi connectivity index (χ2v) is 13.6. The van der Waals surface area contributed by atoms with Crippen molar-refractivity contribution in [3.63, 3.8) is 0 Å². The molecule has 2 rings (SSSR count). The first-order valence-corrected chi connectivity index (χ1v) is 19.0. The second kappa shape index (κ2) is 27.1. The smallest absolute Gasteiger partial charge is 0.0159 e. The number of benzene rings is 1. The minimum absolute atomic E-state index is 0.856. The lowest BCUT2D eigenvalue weighted by Crippen LogP contribution is -2.09. The fourth-order valence-corrected chi connectivity index (χ4v) is 7.21. The Kier molecular flexibility index (Phi) is 24.0. The first-order chi connectivity index (χ1) is 19.9. The molecular formula is C40H72. The first kappa shape index (κ1) is 35.4. The van der Waals surface area contributed by atoms with Gasteiger partial charge in [0.25, 0.3) is 0 Å². The Labute approximate surface area is 253 Å². The predicted octanol–water partition coefficient (Wildman–Crippen LogP) is 14.4. The normalized spacial score (nSPS) is 15.0. The standard InChI is InChI=1S/C40H72/c1-2-3-4-5-6-7-8-9-10-11-12-13-14-15-16-17-18-19-20-21-22-23-24-25-26-27-28-29-33-38-35-32-36-39-34-30-31-37-40(38)39/h30-31,34,37-38H,2-29,32-33,35-36H2,1H3. The summed E-state index contributed by atoms with van der Waals surface area (Å²) < 4.78 is 0. The van der Waals surface area contributed by atoms with E-state index in [1.807, 2.05) is 0 Å². The van der Waals surface area contributed by atoms with Gasteiger partial charge >= 0.3 is 0 Å². The average Bonchev–Trinajstić information content (AvgIpc) is 2.98. The van der Waals surface area contributed by atoms with Crippen LogP contribution in [0.25, 0.3) is 0 Å². The van der Waals surface area contributed by atoms with Crippen molar-refractivity contribution in [3.05, 3.63) is 35.4 Å². The van der Waals surface area contributed by atoms with Crippen molar-refractivity contribution in [2.24, 2.45) is 0 Å². The first-order valence-electron chi connectivity index (χ1n) is 19.0. The van der Waals surface area contributed by atoms with Gasteiger partial charge in [0.2, 0.25) is 0 Å². The summed E-state index contributed by atoms with van der Waals surface area (Å²) in [7, 11) is 0. The number of unbranched alkanes of at least 4 members (excludes halogenated alkanes) is 27. The lowest BCUT2D eigenvalue weighted by Gasteiger charge is -2.25. The number of rotatable bonds is 29. The molecule has 0 bridgehead atoms. The minimum atomic E-state index is 0.856. The van der Waals surface area contributed by atoms with Gasteiger partial charge in [-0.1, -0.05) is 211 Å². The van der Waals surface area contributed by atoms with Crippen molar-refractivity contribution in [1.82, 2.24) is 0 Å². The molecule has 0 heterocycles. The van der Waals surface area contributed by atoms with Crippen LogP contribution in [0.1, 0.15) is 223 Å². The Balaban J connectivity index is 1.19. The maximum Gasteiger partial charge on any atom is -0.0159 e. The zero-order chi connectivity index (χ0) is 28.2.